The van der Waals surface area contributed by atoms with Crippen molar-refractivity contribution in [1.82, 2.24) is 14.8 Å². The topological polar surface area (TPSA) is 100 Å². The van der Waals surface area contributed by atoms with Crippen LogP contribution in [0.3, 0.4) is 0 Å². The summed E-state index contributed by atoms with van der Waals surface area (Å²) < 4.78 is 22.1. The van der Waals surface area contributed by atoms with Crippen molar-refractivity contribution in [3.63, 3.8) is 0 Å². The van der Waals surface area contributed by atoms with E-state index in [0.29, 0.717) is 25.0 Å². The molecule has 5 rings (SSSR count). The zero-order valence-electron chi connectivity index (χ0n) is 21.1. The first kappa shape index (κ1) is 24.5. The second kappa shape index (κ2) is 8.71. The summed E-state index contributed by atoms with van der Waals surface area (Å²) in [5.74, 6) is -1.38. The van der Waals surface area contributed by atoms with Gasteiger partial charge in [-0.15, -0.1) is 0 Å². The molecule has 2 aromatic heterocycles. The zero-order chi connectivity index (χ0) is 25.8. The summed E-state index contributed by atoms with van der Waals surface area (Å²) in [5, 5.41) is 29.5. The first-order valence-electron chi connectivity index (χ1n) is 12.3. The maximum atomic E-state index is 14.3. The fourth-order valence-corrected chi connectivity index (χ4v) is 5.89. The van der Waals surface area contributed by atoms with Crippen LogP contribution in [0.5, 0.6) is 0 Å². The van der Waals surface area contributed by atoms with Crippen molar-refractivity contribution in [2.75, 3.05) is 13.7 Å². The molecule has 8 heteroatoms. The molecule has 0 saturated heterocycles. The number of rotatable bonds is 6. The van der Waals surface area contributed by atoms with Gasteiger partial charge in [0.05, 0.1) is 23.8 Å². The Morgan fingerprint density at radius 1 is 1.28 bits per heavy atom. The van der Waals surface area contributed by atoms with E-state index in [0.717, 1.165) is 38.8 Å². The smallest absolute Gasteiger partial charge is 0.335 e. The Labute approximate surface area is 208 Å². The van der Waals surface area contributed by atoms with E-state index in [1.807, 2.05) is 6.07 Å². The predicted molar refractivity (Wildman–Crippen MR) is 136 cm³/mol. The van der Waals surface area contributed by atoms with Crippen molar-refractivity contribution in [3.8, 4) is 5.69 Å². The Hall–Kier alpha value is -3.23. The van der Waals surface area contributed by atoms with Crippen molar-refractivity contribution in [2.24, 2.45) is 0 Å². The number of halogens is 1. The minimum Gasteiger partial charge on any atom is -0.479 e. The number of aliphatic hydroxyl groups is 1. The minimum absolute atomic E-state index is 0.0430. The number of nitrogens with one attached hydrogen (secondary N) is 1. The molecule has 0 aliphatic heterocycles. The molecule has 0 bridgehead atoms. The fraction of sp³-hybridized carbons (Fsp3) is 0.429. The van der Waals surface area contributed by atoms with Crippen LogP contribution < -0.4 is 0 Å². The summed E-state index contributed by atoms with van der Waals surface area (Å²) in [6.07, 6.45) is 3.25. The summed E-state index contributed by atoms with van der Waals surface area (Å²) in [4.78, 5) is 11.7. The van der Waals surface area contributed by atoms with Crippen LogP contribution in [-0.2, 0) is 14.9 Å². The summed E-state index contributed by atoms with van der Waals surface area (Å²) in [7, 11) is 1.68. The van der Waals surface area contributed by atoms with Crippen molar-refractivity contribution in [3.05, 3.63) is 59.2 Å². The van der Waals surface area contributed by atoms with E-state index in [2.05, 4.69) is 40.7 Å². The number of carboxylic acid groups (broad SMARTS) is 1. The van der Waals surface area contributed by atoms with Crippen LogP contribution in [-0.4, -0.2) is 50.3 Å². The van der Waals surface area contributed by atoms with Gasteiger partial charge in [-0.25, -0.2) is 9.18 Å². The number of aryl methyl sites for hydroxylation is 1. The number of carboxylic acids is 1. The number of benzene rings is 2. The SMILES string of the molecule is COCC(C)(C)c1c(C2CCC(O)(C(=O)O)CC2)c2cc3[nH]ncc3cc2n1-c1ccc(F)c(C)c1. The van der Waals surface area contributed by atoms with Gasteiger partial charge in [0.25, 0.3) is 0 Å². The molecule has 1 aliphatic rings. The third kappa shape index (κ3) is 3.89. The molecule has 190 valence electrons. The lowest BCUT2D eigenvalue weighted by Crippen LogP contribution is -2.41. The molecular weight excluding hydrogens is 461 g/mol. The highest BCUT2D eigenvalue weighted by atomic mass is 19.1. The Balaban J connectivity index is 1.82. The molecule has 0 radical (unpaired) electrons. The van der Waals surface area contributed by atoms with E-state index in [-0.39, 0.29) is 24.6 Å². The number of hydrogen-bond acceptors (Lipinski definition) is 4. The molecule has 3 N–H and O–H groups in total. The number of H-pyrrole nitrogens is 1. The lowest BCUT2D eigenvalue weighted by Gasteiger charge is -2.35. The minimum atomic E-state index is -1.69. The fourth-order valence-electron chi connectivity index (χ4n) is 5.89. The van der Waals surface area contributed by atoms with E-state index in [1.54, 1.807) is 26.3 Å². The Bertz CT molecular complexity index is 1460. The van der Waals surface area contributed by atoms with Gasteiger partial charge in [-0.3, -0.25) is 5.10 Å². The lowest BCUT2D eigenvalue weighted by atomic mass is 9.73. The van der Waals surface area contributed by atoms with E-state index in [4.69, 9.17) is 4.74 Å². The van der Waals surface area contributed by atoms with Gasteiger partial charge in [0, 0.05) is 34.7 Å². The molecule has 0 unspecified atom stereocenters. The first-order chi connectivity index (χ1) is 17.1. The number of aliphatic carboxylic acids is 1. The van der Waals surface area contributed by atoms with Gasteiger partial charge in [0.15, 0.2) is 5.60 Å². The van der Waals surface area contributed by atoms with Crippen LogP contribution in [0.25, 0.3) is 27.5 Å². The highest BCUT2D eigenvalue weighted by molar-refractivity contribution is 5.99. The Morgan fingerprint density at radius 2 is 2.00 bits per heavy atom. The van der Waals surface area contributed by atoms with Gasteiger partial charge in [-0.2, -0.15) is 5.10 Å². The Morgan fingerprint density at radius 3 is 2.64 bits per heavy atom. The van der Waals surface area contributed by atoms with E-state index >= 15 is 0 Å². The molecule has 0 spiro atoms. The van der Waals surface area contributed by atoms with Gasteiger partial charge in [-0.1, -0.05) is 13.8 Å². The number of fused-ring (bicyclic) bond motifs is 2. The third-order valence-electron chi connectivity index (χ3n) is 7.73. The summed E-state index contributed by atoms with van der Waals surface area (Å²) in [5.41, 5.74) is 3.35. The third-order valence-corrected chi connectivity index (χ3v) is 7.73. The largest absolute Gasteiger partial charge is 0.479 e. The number of nitrogens with zero attached hydrogens (tertiary/aromatic N) is 2. The van der Waals surface area contributed by atoms with Crippen molar-refractivity contribution in [1.29, 1.82) is 0 Å². The highest BCUT2D eigenvalue weighted by Crippen LogP contribution is 2.47. The van der Waals surface area contributed by atoms with Gasteiger partial charge in [-0.05, 0) is 80.0 Å². The van der Waals surface area contributed by atoms with Crippen molar-refractivity contribution >= 4 is 27.8 Å². The number of carbonyl (C=O) groups is 1. The molecule has 2 aromatic carbocycles. The van der Waals surface area contributed by atoms with Gasteiger partial charge >= 0.3 is 5.97 Å². The highest BCUT2D eigenvalue weighted by Gasteiger charge is 2.43. The molecule has 1 saturated carbocycles. The predicted octanol–water partition coefficient (Wildman–Crippen LogP) is 5.35. The molecule has 1 aliphatic carbocycles. The normalized spacial score (nSPS) is 20.9. The van der Waals surface area contributed by atoms with Gasteiger partial charge in [0.1, 0.15) is 5.82 Å². The van der Waals surface area contributed by atoms with Crippen LogP contribution in [0, 0.1) is 12.7 Å². The Kier molecular flexibility index (Phi) is 5.92. The van der Waals surface area contributed by atoms with Gasteiger partial charge in [0.2, 0.25) is 0 Å². The van der Waals surface area contributed by atoms with Crippen LogP contribution >= 0.6 is 0 Å². The van der Waals surface area contributed by atoms with Gasteiger partial charge < -0.3 is 19.5 Å². The maximum absolute atomic E-state index is 14.3. The number of aromatic amines is 1. The van der Waals surface area contributed by atoms with Crippen LogP contribution in [0.1, 0.15) is 62.3 Å². The lowest BCUT2D eigenvalue weighted by molar-refractivity contribution is -0.162. The second-order valence-corrected chi connectivity index (χ2v) is 10.8. The quantitative estimate of drug-likeness (QED) is 0.336. The summed E-state index contributed by atoms with van der Waals surface area (Å²) >= 11 is 0. The average Bonchev–Trinajstić information content (AvgIpc) is 3.42. The second-order valence-electron chi connectivity index (χ2n) is 10.8. The first-order valence-corrected chi connectivity index (χ1v) is 12.3. The summed E-state index contributed by atoms with van der Waals surface area (Å²) in [6.45, 7) is 6.48. The molecular formula is C28H32FN3O4. The van der Waals surface area contributed by atoms with Crippen LogP contribution in [0.15, 0.2) is 36.5 Å². The number of aromatic nitrogens is 3. The number of methoxy groups -OCH3 is 1. The van der Waals surface area contributed by atoms with E-state index in [9.17, 15) is 19.4 Å². The molecule has 36 heavy (non-hydrogen) atoms. The molecule has 2 heterocycles. The van der Waals surface area contributed by atoms with Crippen molar-refractivity contribution in [2.45, 2.75) is 63.4 Å². The molecule has 4 aromatic rings. The van der Waals surface area contributed by atoms with Crippen molar-refractivity contribution < 1.29 is 24.1 Å². The average molecular weight is 494 g/mol. The standard InChI is InChI=1S/C28H32FN3O4/c1-16-11-19(5-6-21(16)29)32-23-12-18-14-30-31-22(18)13-20(23)24(25(32)27(2,3)15-36-4)17-7-9-28(35,10-8-17)26(33)34/h5-6,11-14,17,35H,7-10,15H2,1-4H3,(H,30,31)(H,33,34). The van der Waals surface area contributed by atoms with Crippen LogP contribution in [0.2, 0.25) is 0 Å². The zero-order valence-corrected chi connectivity index (χ0v) is 21.1. The molecule has 0 atom stereocenters. The van der Waals surface area contributed by atoms with Crippen LogP contribution in [0.4, 0.5) is 4.39 Å². The monoisotopic (exact) mass is 493 g/mol. The molecule has 0 amide bonds. The summed E-state index contributed by atoms with van der Waals surface area (Å²) in [6, 6.07) is 9.34. The maximum Gasteiger partial charge on any atom is 0.335 e. The van der Waals surface area contributed by atoms with E-state index < -0.39 is 17.0 Å². The molecule has 1 fully saturated rings. The number of ether oxygens (including phenoxy) is 1. The molecule has 7 nitrogen and oxygen atoms in total. The number of hydrogen-bond donors (Lipinski definition) is 3. The van der Waals surface area contributed by atoms with E-state index in [1.165, 1.54) is 6.07 Å².